The maximum Gasteiger partial charge on any atom is 0.161 e. The summed E-state index contributed by atoms with van der Waals surface area (Å²) in [7, 11) is 3.19. The first-order valence-corrected chi connectivity index (χ1v) is 4.40. The first-order chi connectivity index (χ1) is 6.72. The van der Waals surface area contributed by atoms with Gasteiger partial charge in [-0.15, -0.1) is 0 Å². The molecule has 4 heteroatoms. The third kappa shape index (κ3) is 2.16. The second-order valence-corrected chi connectivity index (χ2v) is 2.96. The lowest BCUT2D eigenvalue weighted by atomic mass is 10.1. The highest BCUT2D eigenvalue weighted by atomic mass is 16.5. The van der Waals surface area contributed by atoms with Gasteiger partial charge in [0.05, 0.1) is 14.2 Å². The van der Waals surface area contributed by atoms with E-state index in [4.69, 9.17) is 20.9 Å². The Morgan fingerprint density at radius 2 is 1.86 bits per heavy atom. The van der Waals surface area contributed by atoms with Crippen molar-refractivity contribution in [3.63, 3.8) is 0 Å². The van der Waals surface area contributed by atoms with Crippen LogP contribution in [0.25, 0.3) is 0 Å². The number of methoxy groups -OCH3 is 2. The predicted molar refractivity (Wildman–Crippen MR) is 55.5 cm³/mol. The van der Waals surface area contributed by atoms with Crippen molar-refractivity contribution in [2.24, 2.45) is 11.5 Å². The van der Waals surface area contributed by atoms with Crippen LogP contribution in [-0.2, 0) is 0 Å². The Balaban J connectivity index is 3.01. The molecule has 4 nitrogen and oxygen atoms in total. The highest BCUT2D eigenvalue weighted by molar-refractivity contribution is 5.43. The van der Waals surface area contributed by atoms with Crippen LogP contribution in [0.1, 0.15) is 11.6 Å². The molecule has 1 rings (SSSR count). The first-order valence-electron chi connectivity index (χ1n) is 4.40. The molecular weight excluding hydrogens is 180 g/mol. The lowest BCUT2D eigenvalue weighted by Crippen LogP contribution is -2.20. The summed E-state index contributed by atoms with van der Waals surface area (Å²) >= 11 is 0. The van der Waals surface area contributed by atoms with E-state index in [0.717, 1.165) is 5.56 Å². The normalized spacial score (nSPS) is 12.3. The van der Waals surface area contributed by atoms with Crippen molar-refractivity contribution >= 4 is 0 Å². The van der Waals surface area contributed by atoms with Gasteiger partial charge in [-0.1, -0.05) is 6.07 Å². The van der Waals surface area contributed by atoms with Crippen LogP contribution >= 0.6 is 0 Å². The zero-order valence-electron chi connectivity index (χ0n) is 8.49. The molecular formula is C10H16N2O2. The molecule has 1 aromatic rings. The van der Waals surface area contributed by atoms with E-state index in [0.29, 0.717) is 18.0 Å². The van der Waals surface area contributed by atoms with Crippen molar-refractivity contribution in [2.45, 2.75) is 6.04 Å². The van der Waals surface area contributed by atoms with Crippen molar-refractivity contribution < 1.29 is 9.47 Å². The average Bonchev–Trinajstić information content (AvgIpc) is 2.26. The van der Waals surface area contributed by atoms with Gasteiger partial charge in [0.2, 0.25) is 0 Å². The van der Waals surface area contributed by atoms with Gasteiger partial charge in [-0.25, -0.2) is 0 Å². The van der Waals surface area contributed by atoms with Crippen LogP contribution in [0.4, 0.5) is 0 Å². The van der Waals surface area contributed by atoms with E-state index in [1.165, 1.54) is 0 Å². The van der Waals surface area contributed by atoms with Gasteiger partial charge in [-0.3, -0.25) is 0 Å². The SMILES string of the molecule is COc1ccc([C@H](N)CN)cc1OC. The van der Waals surface area contributed by atoms with Crippen LogP contribution in [0.2, 0.25) is 0 Å². The van der Waals surface area contributed by atoms with Crippen molar-refractivity contribution in [2.75, 3.05) is 20.8 Å². The van der Waals surface area contributed by atoms with E-state index < -0.39 is 0 Å². The Morgan fingerprint density at radius 1 is 1.21 bits per heavy atom. The van der Waals surface area contributed by atoms with Crippen molar-refractivity contribution in [1.29, 1.82) is 0 Å². The fourth-order valence-corrected chi connectivity index (χ4v) is 1.22. The maximum absolute atomic E-state index is 5.79. The standard InChI is InChI=1S/C10H16N2O2/c1-13-9-4-3-7(8(12)6-11)5-10(9)14-2/h3-5,8H,6,11-12H2,1-2H3/t8-/m1/s1. The van der Waals surface area contributed by atoms with Gasteiger partial charge in [-0.2, -0.15) is 0 Å². The number of hydrogen-bond acceptors (Lipinski definition) is 4. The molecule has 4 N–H and O–H groups in total. The minimum atomic E-state index is -0.158. The van der Waals surface area contributed by atoms with E-state index in [9.17, 15) is 0 Å². The molecule has 1 atom stereocenters. The Bertz CT molecular complexity index is 302. The van der Waals surface area contributed by atoms with Crippen molar-refractivity contribution in [1.82, 2.24) is 0 Å². The second-order valence-electron chi connectivity index (χ2n) is 2.96. The summed E-state index contributed by atoms with van der Waals surface area (Å²) in [5.41, 5.74) is 12.2. The monoisotopic (exact) mass is 196 g/mol. The molecule has 0 aliphatic heterocycles. The molecule has 78 valence electrons. The van der Waals surface area contributed by atoms with Crippen LogP contribution in [0.5, 0.6) is 11.5 Å². The summed E-state index contributed by atoms with van der Waals surface area (Å²) in [4.78, 5) is 0. The molecule has 0 aliphatic rings. The fourth-order valence-electron chi connectivity index (χ4n) is 1.22. The molecule has 0 bridgehead atoms. The second kappa shape index (κ2) is 4.83. The van der Waals surface area contributed by atoms with Gasteiger partial charge >= 0.3 is 0 Å². The molecule has 0 heterocycles. The van der Waals surface area contributed by atoms with E-state index in [-0.39, 0.29) is 6.04 Å². The van der Waals surface area contributed by atoms with Crippen LogP contribution in [0, 0.1) is 0 Å². The van der Waals surface area contributed by atoms with Gasteiger partial charge in [-0.05, 0) is 17.7 Å². The van der Waals surface area contributed by atoms with E-state index in [1.54, 1.807) is 14.2 Å². The Labute approximate surface area is 83.8 Å². The Kier molecular flexibility index (Phi) is 3.73. The van der Waals surface area contributed by atoms with E-state index >= 15 is 0 Å². The van der Waals surface area contributed by atoms with Gasteiger partial charge in [0.1, 0.15) is 0 Å². The molecule has 0 saturated carbocycles. The third-order valence-corrected chi connectivity index (χ3v) is 2.09. The minimum Gasteiger partial charge on any atom is -0.493 e. The van der Waals surface area contributed by atoms with Gasteiger partial charge < -0.3 is 20.9 Å². The molecule has 0 radical (unpaired) electrons. The van der Waals surface area contributed by atoms with Gasteiger partial charge in [0.25, 0.3) is 0 Å². The predicted octanol–water partition coefficient (Wildman–Crippen LogP) is 0.662. The zero-order chi connectivity index (χ0) is 10.6. The quantitative estimate of drug-likeness (QED) is 0.742. The molecule has 0 unspecified atom stereocenters. The number of nitrogens with two attached hydrogens (primary N) is 2. The van der Waals surface area contributed by atoms with Crippen LogP contribution in [-0.4, -0.2) is 20.8 Å². The summed E-state index contributed by atoms with van der Waals surface area (Å²) < 4.78 is 10.3. The molecule has 0 spiro atoms. The highest BCUT2D eigenvalue weighted by Gasteiger charge is 2.08. The van der Waals surface area contributed by atoms with E-state index in [2.05, 4.69) is 0 Å². The summed E-state index contributed by atoms with van der Waals surface area (Å²) in [6.45, 7) is 0.412. The molecule has 0 saturated heterocycles. The molecule has 0 fully saturated rings. The zero-order valence-corrected chi connectivity index (χ0v) is 8.49. The maximum atomic E-state index is 5.79. The Hall–Kier alpha value is -1.26. The minimum absolute atomic E-state index is 0.158. The van der Waals surface area contributed by atoms with E-state index in [1.807, 2.05) is 18.2 Å². The van der Waals surface area contributed by atoms with Crippen LogP contribution in [0.3, 0.4) is 0 Å². The fraction of sp³-hybridized carbons (Fsp3) is 0.400. The third-order valence-electron chi connectivity index (χ3n) is 2.09. The average molecular weight is 196 g/mol. The molecule has 0 amide bonds. The van der Waals surface area contributed by atoms with Gasteiger partial charge in [0.15, 0.2) is 11.5 Å². The number of rotatable bonds is 4. The summed E-state index contributed by atoms with van der Waals surface area (Å²) in [5, 5.41) is 0. The highest BCUT2D eigenvalue weighted by Crippen LogP contribution is 2.29. The van der Waals surface area contributed by atoms with Crippen LogP contribution in [0.15, 0.2) is 18.2 Å². The number of hydrogen-bond donors (Lipinski definition) is 2. The molecule has 0 aromatic heterocycles. The summed E-state index contributed by atoms with van der Waals surface area (Å²) in [6, 6.07) is 5.40. The summed E-state index contributed by atoms with van der Waals surface area (Å²) in [6.07, 6.45) is 0. The number of ether oxygens (including phenoxy) is 2. The largest absolute Gasteiger partial charge is 0.493 e. The first kappa shape index (κ1) is 10.8. The number of benzene rings is 1. The molecule has 14 heavy (non-hydrogen) atoms. The van der Waals surface area contributed by atoms with Gasteiger partial charge in [0, 0.05) is 12.6 Å². The lowest BCUT2D eigenvalue weighted by Gasteiger charge is -2.13. The van der Waals surface area contributed by atoms with Crippen molar-refractivity contribution in [3.8, 4) is 11.5 Å². The van der Waals surface area contributed by atoms with Crippen LogP contribution < -0.4 is 20.9 Å². The summed E-state index contributed by atoms with van der Waals surface area (Å²) in [5.74, 6) is 1.37. The topological polar surface area (TPSA) is 70.5 Å². The smallest absolute Gasteiger partial charge is 0.161 e. The molecule has 0 aliphatic carbocycles. The lowest BCUT2D eigenvalue weighted by molar-refractivity contribution is 0.354. The van der Waals surface area contributed by atoms with Crippen molar-refractivity contribution in [3.05, 3.63) is 23.8 Å². The Morgan fingerprint density at radius 3 is 2.36 bits per heavy atom. The molecule has 1 aromatic carbocycles.